The van der Waals surface area contributed by atoms with Crippen molar-refractivity contribution in [3.05, 3.63) is 43.5 Å². The van der Waals surface area contributed by atoms with Gasteiger partial charge in [0, 0.05) is 44.2 Å². The lowest BCUT2D eigenvalue weighted by Crippen LogP contribution is -2.27. The summed E-state index contributed by atoms with van der Waals surface area (Å²) in [6, 6.07) is 0. The molecule has 2 aliphatic heterocycles. The van der Waals surface area contributed by atoms with Crippen molar-refractivity contribution < 1.29 is 0 Å². The summed E-state index contributed by atoms with van der Waals surface area (Å²) in [5.41, 5.74) is 0. The molecule has 1 N–H and O–H groups in total. The lowest BCUT2D eigenvalue weighted by atomic mass is 10.6. The Morgan fingerprint density at radius 3 is 2.45 bits per heavy atom. The van der Waals surface area contributed by atoms with E-state index in [4.69, 9.17) is 0 Å². The highest BCUT2D eigenvalue weighted by atomic mass is 15.4. The van der Waals surface area contributed by atoms with Gasteiger partial charge in [0.05, 0.1) is 13.3 Å². The SMILES string of the molecule is CN1C=CN(c2nc(N3C=CNC3)nc(-n3ccnc3)n2)C1. The van der Waals surface area contributed by atoms with E-state index >= 15 is 0 Å². The third kappa shape index (κ3) is 2.22. The van der Waals surface area contributed by atoms with Crippen molar-refractivity contribution in [2.24, 2.45) is 0 Å². The summed E-state index contributed by atoms with van der Waals surface area (Å²) in [5, 5.41) is 3.11. The first-order valence-electron chi connectivity index (χ1n) is 6.86. The zero-order valence-electron chi connectivity index (χ0n) is 12.0. The molecule has 0 fully saturated rings. The van der Waals surface area contributed by atoms with Crippen LogP contribution in [0.2, 0.25) is 0 Å². The second-order valence-electron chi connectivity index (χ2n) is 5.02. The third-order valence-electron chi connectivity index (χ3n) is 3.36. The van der Waals surface area contributed by atoms with Gasteiger partial charge in [-0.15, -0.1) is 0 Å². The number of nitrogens with one attached hydrogen (secondary N) is 1. The van der Waals surface area contributed by atoms with Gasteiger partial charge < -0.3 is 10.2 Å². The summed E-state index contributed by atoms with van der Waals surface area (Å²) in [6.45, 7) is 1.35. The molecular weight excluding hydrogens is 282 g/mol. The summed E-state index contributed by atoms with van der Waals surface area (Å²) >= 11 is 0. The first-order chi connectivity index (χ1) is 10.8. The van der Waals surface area contributed by atoms with Gasteiger partial charge in [-0.05, 0) is 0 Å². The van der Waals surface area contributed by atoms with Crippen LogP contribution < -0.4 is 15.1 Å². The highest BCUT2D eigenvalue weighted by molar-refractivity contribution is 5.46. The largest absolute Gasteiger partial charge is 0.372 e. The molecule has 0 unspecified atom stereocenters. The number of imidazole rings is 1. The Hall–Kier alpha value is -3.10. The molecule has 0 radical (unpaired) electrons. The number of hydrogen-bond acceptors (Lipinski definition) is 8. The van der Waals surface area contributed by atoms with Crippen molar-refractivity contribution in [3.8, 4) is 5.95 Å². The fourth-order valence-electron chi connectivity index (χ4n) is 2.24. The fraction of sp³-hybridized carbons (Fsp3) is 0.231. The van der Waals surface area contributed by atoms with Crippen LogP contribution in [0.3, 0.4) is 0 Å². The van der Waals surface area contributed by atoms with Gasteiger partial charge in [0.25, 0.3) is 0 Å². The van der Waals surface area contributed by atoms with Crippen LogP contribution in [0.4, 0.5) is 11.9 Å². The second kappa shape index (κ2) is 5.02. The molecule has 9 heteroatoms. The van der Waals surface area contributed by atoms with E-state index in [0.29, 0.717) is 31.2 Å². The van der Waals surface area contributed by atoms with Crippen LogP contribution in [0.25, 0.3) is 5.95 Å². The van der Waals surface area contributed by atoms with Crippen LogP contribution in [0, 0.1) is 0 Å². The highest BCUT2D eigenvalue weighted by Crippen LogP contribution is 2.19. The van der Waals surface area contributed by atoms with Crippen molar-refractivity contribution in [1.29, 1.82) is 0 Å². The molecule has 4 heterocycles. The van der Waals surface area contributed by atoms with E-state index in [2.05, 4.69) is 30.2 Å². The Kier molecular flexibility index (Phi) is 2.88. The molecule has 0 spiro atoms. The summed E-state index contributed by atoms with van der Waals surface area (Å²) < 4.78 is 1.77. The highest BCUT2D eigenvalue weighted by Gasteiger charge is 2.19. The molecule has 0 aromatic carbocycles. The van der Waals surface area contributed by atoms with Crippen LogP contribution in [-0.4, -0.2) is 49.8 Å². The van der Waals surface area contributed by atoms with E-state index in [9.17, 15) is 0 Å². The topological polar surface area (TPSA) is 78.2 Å². The Balaban J connectivity index is 1.77. The van der Waals surface area contributed by atoms with E-state index in [-0.39, 0.29) is 0 Å². The van der Waals surface area contributed by atoms with E-state index < -0.39 is 0 Å². The first kappa shape index (κ1) is 12.6. The molecule has 0 bridgehead atoms. The maximum Gasteiger partial charge on any atom is 0.241 e. The van der Waals surface area contributed by atoms with E-state index in [1.807, 2.05) is 47.8 Å². The zero-order valence-corrected chi connectivity index (χ0v) is 12.0. The van der Waals surface area contributed by atoms with Crippen molar-refractivity contribution in [2.75, 3.05) is 30.2 Å². The molecule has 2 aromatic heterocycles. The molecule has 0 amide bonds. The molecule has 2 aliphatic rings. The summed E-state index contributed by atoms with van der Waals surface area (Å²) in [7, 11) is 2.00. The predicted octanol–water partition coefficient (Wildman–Crippen LogP) is 0.0761. The Morgan fingerprint density at radius 2 is 1.82 bits per heavy atom. The van der Waals surface area contributed by atoms with E-state index in [1.165, 1.54) is 0 Å². The lowest BCUT2D eigenvalue weighted by molar-refractivity contribution is 0.492. The molecule has 0 saturated carbocycles. The molecule has 0 aliphatic carbocycles. The average Bonchev–Trinajstić information content (AvgIpc) is 3.29. The standard InChI is InChI=1S/C13H15N9/c1-19-6-7-22(10-19)13-17-11(20-4-2-14-8-20)16-12(18-13)21-5-3-15-9-21/h2-8,15H,9-10H2,1H3. The van der Waals surface area contributed by atoms with Gasteiger partial charge in [-0.3, -0.25) is 14.4 Å². The molecule has 22 heavy (non-hydrogen) atoms. The van der Waals surface area contributed by atoms with E-state index in [1.54, 1.807) is 17.1 Å². The molecular formula is C13H15N9. The Bertz CT molecular complexity index is 721. The zero-order chi connectivity index (χ0) is 14.9. The average molecular weight is 297 g/mol. The number of aromatic nitrogens is 5. The molecule has 112 valence electrons. The molecule has 0 saturated heterocycles. The van der Waals surface area contributed by atoms with Gasteiger partial charge in [0.2, 0.25) is 17.8 Å². The van der Waals surface area contributed by atoms with Crippen LogP contribution in [0.15, 0.2) is 43.5 Å². The van der Waals surface area contributed by atoms with Gasteiger partial charge in [0.15, 0.2) is 0 Å². The van der Waals surface area contributed by atoms with Gasteiger partial charge >= 0.3 is 0 Å². The number of nitrogens with zero attached hydrogens (tertiary/aromatic N) is 8. The van der Waals surface area contributed by atoms with Crippen molar-refractivity contribution in [1.82, 2.24) is 34.7 Å². The first-order valence-corrected chi connectivity index (χ1v) is 6.86. The van der Waals surface area contributed by atoms with Crippen LogP contribution in [0.5, 0.6) is 0 Å². The van der Waals surface area contributed by atoms with Gasteiger partial charge in [0.1, 0.15) is 6.33 Å². The van der Waals surface area contributed by atoms with Crippen LogP contribution in [0.1, 0.15) is 0 Å². The minimum atomic E-state index is 0.542. The fourth-order valence-corrected chi connectivity index (χ4v) is 2.24. The van der Waals surface area contributed by atoms with Crippen LogP contribution >= 0.6 is 0 Å². The molecule has 0 atom stereocenters. The monoisotopic (exact) mass is 297 g/mol. The maximum atomic E-state index is 4.57. The van der Waals surface area contributed by atoms with Crippen molar-refractivity contribution >= 4 is 11.9 Å². The molecule has 9 nitrogen and oxygen atoms in total. The normalized spacial score (nSPS) is 16.7. The second-order valence-corrected chi connectivity index (χ2v) is 5.02. The maximum absolute atomic E-state index is 4.57. The number of hydrogen-bond donors (Lipinski definition) is 1. The van der Waals surface area contributed by atoms with Gasteiger partial charge in [-0.25, -0.2) is 4.98 Å². The smallest absolute Gasteiger partial charge is 0.241 e. The van der Waals surface area contributed by atoms with Crippen molar-refractivity contribution in [2.45, 2.75) is 0 Å². The molecule has 4 rings (SSSR count). The minimum Gasteiger partial charge on any atom is -0.372 e. The minimum absolute atomic E-state index is 0.542. The third-order valence-corrected chi connectivity index (χ3v) is 3.36. The van der Waals surface area contributed by atoms with Crippen molar-refractivity contribution in [3.63, 3.8) is 0 Å². The summed E-state index contributed by atoms with van der Waals surface area (Å²) in [4.78, 5) is 23.6. The summed E-state index contributed by atoms with van der Waals surface area (Å²) in [6.07, 6.45) is 12.9. The number of anilines is 2. The quantitative estimate of drug-likeness (QED) is 0.853. The van der Waals surface area contributed by atoms with Gasteiger partial charge in [-0.1, -0.05) is 0 Å². The Labute approximate surface area is 127 Å². The number of rotatable bonds is 3. The lowest BCUT2D eigenvalue weighted by Gasteiger charge is -2.19. The predicted molar refractivity (Wildman–Crippen MR) is 80.8 cm³/mol. The Morgan fingerprint density at radius 1 is 1.00 bits per heavy atom. The van der Waals surface area contributed by atoms with E-state index in [0.717, 1.165) is 0 Å². The molecule has 2 aromatic rings. The van der Waals surface area contributed by atoms with Gasteiger partial charge in [-0.2, -0.15) is 15.0 Å². The van der Waals surface area contributed by atoms with Crippen LogP contribution in [-0.2, 0) is 0 Å². The summed E-state index contributed by atoms with van der Waals surface area (Å²) in [5.74, 6) is 1.74.